The number of aryl methyl sites for hydroxylation is 1. The number of hydrogen-bond acceptors (Lipinski definition) is 3. The minimum absolute atomic E-state index is 0.120. The highest BCUT2D eigenvalue weighted by Crippen LogP contribution is 2.33. The molecule has 0 aliphatic rings. The largest absolute Gasteiger partial charge is 0.478 e. The van der Waals surface area contributed by atoms with Gasteiger partial charge in [-0.3, -0.25) is 4.68 Å². The number of hydrogen-bond donors (Lipinski definition) is 1. The van der Waals surface area contributed by atoms with Gasteiger partial charge in [0.25, 0.3) is 0 Å². The maximum atomic E-state index is 11.5. The Labute approximate surface area is 129 Å². The first-order chi connectivity index (χ1) is 9.99. The smallest absolute Gasteiger partial charge is 0.336 e. The predicted octanol–water partition coefficient (Wildman–Crippen LogP) is 3.64. The van der Waals surface area contributed by atoms with E-state index < -0.39 is 5.97 Å². The lowest BCUT2D eigenvalue weighted by atomic mass is 10.1. The van der Waals surface area contributed by atoms with E-state index in [0.29, 0.717) is 27.3 Å². The standard InChI is InChI=1S/C14H9Cl2N3O2/c1-19-11(4-5-17-19)10-6-8(14(20)21)7-2-3-9(15)12(16)13(7)18-10/h2-6H,1H3,(H,20,21). The summed E-state index contributed by atoms with van der Waals surface area (Å²) in [5.41, 5.74) is 1.65. The molecule has 0 radical (unpaired) electrons. The third-order valence-corrected chi connectivity index (χ3v) is 3.98. The Bertz CT molecular complexity index is 874. The van der Waals surface area contributed by atoms with Crippen LogP contribution in [0, 0.1) is 0 Å². The average molecular weight is 322 g/mol. The molecule has 0 aliphatic carbocycles. The molecule has 3 rings (SSSR count). The van der Waals surface area contributed by atoms with Gasteiger partial charge in [-0.1, -0.05) is 29.3 Å². The number of halogens is 2. The van der Waals surface area contributed by atoms with Gasteiger partial charge in [0, 0.05) is 18.6 Å². The van der Waals surface area contributed by atoms with Crippen molar-refractivity contribution < 1.29 is 9.90 Å². The maximum Gasteiger partial charge on any atom is 0.336 e. The van der Waals surface area contributed by atoms with Gasteiger partial charge < -0.3 is 5.11 Å². The normalized spacial score (nSPS) is 11.0. The fourth-order valence-corrected chi connectivity index (χ4v) is 2.53. The minimum atomic E-state index is -1.05. The van der Waals surface area contributed by atoms with Gasteiger partial charge in [0.05, 0.1) is 32.5 Å². The third kappa shape index (κ3) is 2.24. The molecule has 0 spiro atoms. The zero-order valence-electron chi connectivity index (χ0n) is 10.8. The molecule has 0 unspecified atom stereocenters. The summed E-state index contributed by atoms with van der Waals surface area (Å²) in [5, 5.41) is 14.5. The number of aromatic nitrogens is 3. The van der Waals surface area contributed by atoms with E-state index in [4.69, 9.17) is 23.2 Å². The highest BCUT2D eigenvalue weighted by Gasteiger charge is 2.17. The van der Waals surface area contributed by atoms with Crippen molar-refractivity contribution >= 4 is 40.1 Å². The summed E-state index contributed by atoms with van der Waals surface area (Å²) in [4.78, 5) is 15.9. The molecule has 1 aromatic carbocycles. The first-order valence-corrected chi connectivity index (χ1v) is 6.75. The highest BCUT2D eigenvalue weighted by atomic mass is 35.5. The molecule has 0 amide bonds. The Morgan fingerprint density at radius 1 is 1.29 bits per heavy atom. The molecule has 0 aliphatic heterocycles. The summed E-state index contributed by atoms with van der Waals surface area (Å²) in [6.07, 6.45) is 1.61. The number of nitrogens with zero attached hydrogens (tertiary/aromatic N) is 3. The van der Waals surface area contributed by atoms with Crippen molar-refractivity contribution in [2.45, 2.75) is 0 Å². The van der Waals surface area contributed by atoms with Crippen molar-refractivity contribution in [3.8, 4) is 11.4 Å². The van der Waals surface area contributed by atoms with Crippen LogP contribution in [0.25, 0.3) is 22.3 Å². The van der Waals surface area contributed by atoms with Crippen LogP contribution in [0.4, 0.5) is 0 Å². The first kappa shape index (κ1) is 13.9. The number of carboxylic acids is 1. The molecule has 0 atom stereocenters. The summed E-state index contributed by atoms with van der Waals surface area (Å²) in [5.74, 6) is -1.05. The summed E-state index contributed by atoms with van der Waals surface area (Å²) in [6.45, 7) is 0. The van der Waals surface area contributed by atoms with Crippen molar-refractivity contribution in [2.75, 3.05) is 0 Å². The van der Waals surface area contributed by atoms with E-state index in [1.807, 2.05) is 0 Å². The summed E-state index contributed by atoms with van der Waals surface area (Å²) < 4.78 is 1.61. The van der Waals surface area contributed by atoms with Gasteiger partial charge in [0.2, 0.25) is 0 Å². The van der Waals surface area contributed by atoms with Crippen LogP contribution < -0.4 is 0 Å². The Hall–Kier alpha value is -2.11. The zero-order valence-corrected chi connectivity index (χ0v) is 12.4. The molecule has 2 heterocycles. The number of benzene rings is 1. The molecule has 0 saturated heterocycles. The number of rotatable bonds is 2. The van der Waals surface area contributed by atoms with E-state index in [0.717, 1.165) is 0 Å². The Kier molecular flexibility index (Phi) is 3.31. The van der Waals surface area contributed by atoms with E-state index in [1.54, 1.807) is 36.1 Å². The summed E-state index contributed by atoms with van der Waals surface area (Å²) >= 11 is 12.2. The SMILES string of the molecule is Cn1nccc1-c1cc(C(=O)O)c2ccc(Cl)c(Cl)c2n1. The number of pyridine rings is 1. The lowest BCUT2D eigenvalue weighted by molar-refractivity contribution is 0.0699. The van der Waals surface area contributed by atoms with Gasteiger partial charge in [-0.2, -0.15) is 5.10 Å². The van der Waals surface area contributed by atoms with Gasteiger partial charge in [-0.15, -0.1) is 0 Å². The van der Waals surface area contributed by atoms with Crippen LogP contribution in [0.2, 0.25) is 10.0 Å². The van der Waals surface area contributed by atoms with E-state index in [-0.39, 0.29) is 10.6 Å². The van der Waals surface area contributed by atoms with Crippen molar-refractivity contribution in [3.05, 3.63) is 46.1 Å². The van der Waals surface area contributed by atoms with Crippen LogP contribution >= 0.6 is 23.2 Å². The van der Waals surface area contributed by atoms with Gasteiger partial charge in [0.15, 0.2) is 0 Å². The number of aromatic carboxylic acids is 1. The van der Waals surface area contributed by atoms with Gasteiger partial charge in [0.1, 0.15) is 0 Å². The monoisotopic (exact) mass is 321 g/mol. The fourth-order valence-electron chi connectivity index (χ4n) is 2.17. The highest BCUT2D eigenvalue weighted by molar-refractivity contribution is 6.45. The van der Waals surface area contributed by atoms with Gasteiger partial charge in [-0.25, -0.2) is 9.78 Å². The van der Waals surface area contributed by atoms with Crippen molar-refractivity contribution in [1.29, 1.82) is 0 Å². The number of carbonyl (C=O) groups is 1. The molecule has 0 fully saturated rings. The quantitative estimate of drug-likeness (QED) is 0.782. The van der Waals surface area contributed by atoms with Crippen LogP contribution in [0.15, 0.2) is 30.5 Å². The van der Waals surface area contributed by atoms with Crippen LogP contribution in [-0.4, -0.2) is 25.8 Å². The Balaban J connectivity index is 2.41. The van der Waals surface area contributed by atoms with E-state index in [9.17, 15) is 9.90 Å². The van der Waals surface area contributed by atoms with Crippen molar-refractivity contribution in [2.24, 2.45) is 7.05 Å². The number of carboxylic acid groups (broad SMARTS) is 1. The van der Waals surface area contributed by atoms with Crippen LogP contribution in [0.5, 0.6) is 0 Å². The Morgan fingerprint density at radius 2 is 2.05 bits per heavy atom. The lowest BCUT2D eigenvalue weighted by Gasteiger charge is -2.09. The van der Waals surface area contributed by atoms with E-state index in [1.165, 1.54) is 6.07 Å². The topological polar surface area (TPSA) is 68.0 Å². The molecule has 2 aromatic heterocycles. The second-order valence-corrected chi connectivity index (χ2v) is 5.24. The molecule has 106 valence electrons. The summed E-state index contributed by atoms with van der Waals surface area (Å²) in [7, 11) is 1.75. The molecular weight excluding hydrogens is 313 g/mol. The predicted molar refractivity (Wildman–Crippen MR) is 80.9 cm³/mol. The molecule has 0 bridgehead atoms. The summed E-state index contributed by atoms with van der Waals surface area (Å²) in [6, 6.07) is 6.42. The van der Waals surface area contributed by atoms with Crippen LogP contribution in [0.3, 0.4) is 0 Å². The Morgan fingerprint density at radius 3 is 2.67 bits per heavy atom. The van der Waals surface area contributed by atoms with Crippen molar-refractivity contribution in [1.82, 2.24) is 14.8 Å². The minimum Gasteiger partial charge on any atom is -0.478 e. The molecular formula is C14H9Cl2N3O2. The van der Waals surface area contributed by atoms with Gasteiger partial charge in [-0.05, 0) is 18.2 Å². The van der Waals surface area contributed by atoms with Gasteiger partial charge >= 0.3 is 5.97 Å². The molecule has 5 nitrogen and oxygen atoms in total. The molecule has 1 N–H and O–H groups in total. The van der Waals surface area contributed by atoms with Crippen LogP contribution in [-0.2, 0) is 7.05 Å². The average Bonchev–Trinajstić information content (AvgIpc) is 2.88. The molecule has 3 aromatic rings. The maximum absolute atomic E-state index is 11.5. The van der Waals surface area contributed by atoms with E-state index in [2.05, 4.69) is 10.1 Å². The molecule has 0 saturated carbocycles. The molecule has 7 heteroatoms. The lowest BCUT2D eigenvalue weighted by Crippen LogP contribution is -2.02. The second kappa shape index (κ2) is 5.02. The van der Waals surface area contributed by atoms with Crippen LogP contribution in [0.1, 0.15) is 10.4 Å². The second-order valence-electron chi connectivity index (χ2n) is 4.46. The fraction of sp³-hybridized carbons (Fsp3) is 0.0714. The number of fused-ring (bicyclic) bond motifs is 1. The first-order valence-electron chi connectivity index (χ1n) is 5.99. The van der Waals surface area contributed by atoms with Crippen molar-refractivity contribution in [3.63, 3.8) is 0 Å². The third-order valence-electron chi connectivity index (χ3n) is 3.19. The zero-order chi connectivity index (χ0) is 15.1. The van der Waals surface area contributed by atoms with E-state index >= 15 is 0 Å². The molecule has 21 heavy (non-hydrogen) atoms.